The molecule has 2 aliphatic rings. The van der Waals surface area contributed by atoms with E-state index in [0.717, 1.165) is 6.61 Å². The zero-order valence-electron chi connectivity index (χ0n) is 10.4. The van der Waals surface area contributed by atoms with Gasteiger partial charge in [0.2, 0.25) is 0 Å². The van der Waals surface area contributed by atoms with E-state index in [1.165, 1.54) is 12.8 Å². The summed E-state index contributed by atoms with van der Waals surface area (Å²) in [5.41, 5.74) is 3.75. The van der Waals surface area contributed by atoms with E-state index in [1.54, 1.807) is 11.1 Å². The van der Waals surface area contributed by atoms with Gasteiger partial charge in [-0.1, -0.05) is 45.0 Å². The van der Waals surface area contributed by atoms with Crippen LogP contribution in [0.4, 0.5) is 0 Å². The molecule has 0 radical (unpaired) electrons. The van der Waals surface area contributed by atoms with Gasteiger partial charge in [-0.3, -0.25) is 0 Å². The van der Waals surface area contributed by atoms with Gasteiger partial charge in [0.25, 0.3) is 0 Å². The maximum atomic E-state index is 5.86. The fraction of sp³-hybridized carbons (Fsp3) is 0.600. The molecular weight excluding hydrogens is 196 g/mol. The van der Waals surface area contributed by atoms with Crippen molar-refractivity contribution in [3.63, 3.8) is 0 Å². The first kappa shape index (κ1) is 10.3. The van der Waals surface area contributed by atoms with E-state index < -0.39 is 0 Å². The van der Waals surface area contributed by atoms with Gasteiger partial charge in [0, 0.05) is 5.41 Å². The molecule has 1 aromatic carbocycles. The van der Waals surface area contributed by atoms with Crippen LogP contribution in [0.5, 0.6) is 0 Å². The molecule has 1 atom stereocenters. The van der Waals surface area contributed by atoms with E-state index in [4.69, 9.17) is 4.74 Å². The highest BCUT2D eigenvalue weighted by molar-refractivity contribution is 5.36. The van der Waals surface area contributed by atoms with Crippen molar-refractivity contribution in [3.05, 3.63) is 35.4 Å². The molecule has 1 aliphatic carbocycles. The zero-order valence-corrected chi connectivity index (χ0v) is 10.4. The van der Waals surface area contributed by atoms with Gasteiger partial charge < -0.3 is 4.74 Å². The van der Waals surface area contributed by atoms with E-state index in [0.29, 0.717) is 11.5 Å². The fourth-order valence-electron chi connectivity index (χ4n) is 3.58. The fourth-order valence-corrected chi connectivity index (χ4v) is 3.58. The predicted octanol–water partition coefficient (Wildman–Crippen LogP) is 3.22. The largest absolute Gasteiger partial charge is 0.376 e. The molecule has 3 rings (SSSR count). The lowest BCUT2D eigenvalue weighted by molar-refractivity contribution is -0.224. The lowest BCUT2D eigenvalue weighted by Crippen LogP contribution is -2.58. The minimum Gasteiger partial charge on any atom is -0.376 e. The first-order valence-corrected chi connectivity index (χ1v) is 6.20. The van der Waals surface area contributed by atoms with Crippen molar-refractivity contribution >= 4 is 0 Å². The molecule has 1 saturated heterocycles. The number of benzene rings is 1. The van der Waals surface area contributed by atoms with Gasteiger partial charge in [-0.25, -0.2) is 0 Å². The third-order valence-corrected chi connectivity index (χ3v) is 4.08. The topological polar surface area (TPSA) is 9.23 Å². The minimum atomic E-state index is 0.264. The van der Waals surface area contributed by atoms with Gasteiger partial charge in [-0.05, 0) is 29.4 Å². The van der Waals surface area contributed by atoms with Crippen molar-refractivity contribution in [1.82, 2.24) is 0 Å². The highest BCUT2D eigenvalue weighted by Crippen LogP contribution is 2.52. The summed E-state index contributed by atoms with van der Waals surface area (Å²) in [6.07, 6.45) is 2.85. The van der Waals surface area contributed by atoms with Gasteiger partial charge in [0.15, 0.2) is 0 Å². The standard InChI is InChI=1S/C15H20O/c1-14(2,3)13-15(10-16-13)8-11-6-4-5-7-12(11)9-15/h4-7,13H,8-10H2,1-3H3. The van der Waals surface area contributed by atoms with Gasteiger partial charge >= 0.3 is 0 Å². The molecule has 0 amide bonds. The van der Waals surface area contributed by atoms with Crippen LogP contribution in [0.15, 0.2) is 24.3 Å². The van der Waals surface area contributed by atoms with E-state index in [1.807, 2.05) is 0 Å². The second kappa shape index (κ2) is 3.10. The average Bonchev–Trinajstić information content (AvgIpc) is 2.54. The number of hydrogen-bond acceptors (Lipinski definition) is 1. The SMILES string of the molecule is CC(C)(C)C1OCC12Cc1ccccc1C2. The lowest BCUT2D eigenvalue weighted by Gasteiger charge is -2.53. The van der Waals surface area contributed by atoms with Crippen LogP contribution in [0.2, 0.25) is 0 Å². The van der Waals surface area contributed by atoms with Crippen molar-refractivity contribution in [2.45, 2.75) is 39.7 Å². The first-order valence-electron chi connectivity index (χ1n) is 6.20. The van der Waals surface area contributed by atoms with E-state index >= 15 is 0 Å². The second-order valence-corrected chi connectivity index (χ2v) is 6.54. The Morgan fingerprint density at radius 3 is 2.06 bits per heavy atom. The molecule has 0 aromatic heterocycles. The molecule has 0 bridgehead atoms. The summed E-state index contributed by atoms with van der Waals surface area (Å²) in [6.45, 7) is 7.83. The Bertz CT molecular complexity index is 389. The molecule has 1 heterocycles. The van der Waals surface area contributed by atoms with Crippen LogP contribution in [0.1, 0.15) is 31.9 Å². The third kappa shape index (κ3) is 1.34. The van der Waals surface area contributed by atoms with Crippen LogP contribution < -0.4 is 0 Å². The summed E-state index contributed by atoms with van der Waals surface area (Å²) in [5.74, 6) is 0. The summed E-state index contributed by atoms with van der Waals surface area (Å²) in [7, 11) is 0. The highest BCUT2D eigenvalue weighted by atomic mass is 16.5. The summed E-state index contributed by atoms with van der Waals surface area (Å²) in [5, 5.41) is 0. The molecule has 1 aliphatic heterocycles. The van der Waals surface area contributed by atoms with E-state index in [9.17, 15) is 0 Å². The summed E-state index contributed by atoms with van der Waals surface area (Å²) < 4.78 is 5.86. The normalized spacial score (nSPS) is 26.6. The summed E-state index contributed by atoms with van der Waals surface area (Å²) in [4.78, 5) is 0. The molecule has 1 nitrogen and oxygen atoms in total. The van der Waals surface area contributed by atoms with E-state index in [2.05, 4.69) is 45.0 Å². The molecule has 0 N–H and O–H groups in total. The Kier molecular flexibility index (Phi) is 2.00. The van der Waals surface area contributed by atoms with Crippen LogP contribution >= 0.6 is 0 Å². The Balaban J connectivity index is 1.90. The van der Waals surface area contributed by atoms with Crippen molar-refractivity contribution in [2.24, 2.45) is 10.8 Å². The maximum Gasteiger partial charge on any atom is 0.0708 e. The molecule has 16 heavy (non-hydrogen) atoms. The molecule has 86 valence electrons. The Morgan fingerprint density at radius 2 is 1.69 bits per heavy atom. The molecule has 1 spiro atoms. The minimum absolute atomic E-state index is 0.264. The quantitative estimate of drug-likeness (QED) is 0.647. The van der Waals surface area contributed by atoms with Crippen LogP contribution in [0.25, 0.3) is 0 Å². The predicted molar refractivity (Wildman–Crippen MR) is 65.5 cm³/mol. The van der Waals surface area contributed by atoms with Crippen molar-refractivity contribution in [2.75, 3.05) is 6.61 Å². The van der Waals surface area contributed by atoms with Crippen LogP contribution in [-0.4, -0.2) is 12.7 Å². The second-order valence-electron chi connectivity index (χ2n) is 6.54. The third-order valence-electron chi connectivity index (χ3n) is 4.08. The number of ether oxygens (including phenoxy) is 1. The smallest absolute Gasteiger partial charge is 0.0708 e. The van der Waals surface area contributed by atoms with Crippen LogP contribution in [-0.2, 0) is 17.6 Å². The zero-order chi connectivity index (χ0) is 11.4. The van der Waals surface area contributed by atoms with Gasteiger partial charge in [0.05, 0.1) is 12.7 Å². The molecule has 1 heteroatoms. The molecular formula is C15H20O. The summed E-state index contributed by atoms with van der Waals surface area (Å²) in [6, 6.07) is 8.87. The molecule has 1 fully saturated rings. The van der Waals surface area contributed by atoms with Crippen molar-refractivity contribution < 1.29 is 4.74 Å². The molecule has 1 unspecified atom stereocenters. The average molecular weight is 216 g/mol. The van der Waals surface area contributed by atoms with Gasteiger partial charge in [-0.15, -0.1) is 0 Å². The molecule has 1 aromatic rings. The lowest BCUT2D eigenvalue weighted by atomic mass is 9.66. The highest BCUT2D eigenvalue weighted by Gasteiger charge is 2.55. The van der Waals surface area contributed by atoms with E-state index in [-0.39, 0.29) is 5.41 Å². The number of hydrogen-bond donors (Lipinski definition) is 0. The van der Waals surface area contributed by atoms with Crippen LogP contribution in [0, 0.1) is 10.8 Å². The Hall–Kier alpha value is -0.820. The maximum absolute atomic E-state index is 5.86. The summed E-state index contributed by atoms with van der Waals surface area (Å²) >= 11 is 0. The Labute approximate surface area is 97.8 Å². The monoisotopic (exact) mass is 216 g/mol. The van der Waals surface area contributed by atoms with Crippen molar-refractivity contribution in [3.8, 4) is 0 Å². The van der Waals surface area contributed by atoms with Gasteiger partial charge in [-0.2, -0.15) is 0 Å². The first-order chi connectivity index (χ1) is 7.51. The van der Waals surface area contributed by atoms with Crippen molar-refractivity contribution in [1.29, 1.82) is 0 Å². The molecule has 0 saturated carbocycles. The Morgan fingerprint density at radius 1 is 1.12 bits per heavy atom. The van der Waals surface area contributed by atoms with Crippen LogP contribution in [0.3, 0.4) is 0 Å². The number of fused-ring (bicyclic) bond motifs is 1. The van der Waals surface area contributed by atoms with Gasteiger partial charge in [0.1, 0.15) is 0 Å². The number of rotatable bonds is 0.